The van der Waals surface area contributed by atoms with Crippen LogP contribution in [0.4, 0.5) is 5.69 Å². The topological polar surface area (TPSA) is 70.6 Å². The third-order valence-electron chi connectivity index (χ3n) is 4.21. The van der Waals surface area contributed by atoms with Gasteiger partial charge in [-0.1, -0.05) is 62.7 Å². The number of benzene rings is 2. The van der Waals surface area contributed by atoms with E-state index in [2.05, 4.69) is 36.6 Å². The average Bonchev–Trinajstić information content (AvgIpc) is 2.63. The van der Waals surface area contributed by atoms with Crippen LogP contribution in [-0.4, -0.2) is 18.0 Å². The fourth-order valence-electron chi connectivity index (χ4n) is 2.43. The number of nitrogens with one attached hydrogen (secondary N) is 2. The number of carbonyl (C=O) groups excluding carboxylic acids is 2. The van der Waals surface area contributed by atoms with Gasteiger partial charge in [0.2, 0.25) is 11.8 Å². The Balaban J connectivity index is 1.76. The first-order valence-electron chi connectivity index (χ1n) is 9.13. The molecule has 0 aliphatic rings. The number of halogens is 1. The van der Waals surface area contributed by atoms with Crippen molar-refractivity contribution in [3.05, 3.63) is 64.2 Å². The van der Waals surface area contributed by atoms with Gasteiger partial charge in [-0.25, -0.2) is 5.43 Å². The number of hydrogen-bond acceptors (Lipinski definition) is 3. The third kappa shape index (κ3) is 6.82. The molecule has 0 spiro atoms. The molecule has 2 rings (SSSR count). The first-order valence-corrected chi connectivity index (χ1v) is 9.51. The van der Waals surface area contributed by atoms with Gasteiger partial charge < -0.3 is 5.32 Å². The van der Waals surface area contributed by atoms with Crippen molar-refractivity contribution >= 4 is 35.3 Å². The first kappa shape index (κ1) is 21.6. The Morgan fingerprint density at radius 1 is 1.04 bits per heavy atom. The third-order valence-corrected chi connectivity index (χ3v) is 4.62. The number of carbonyl (C=O) groups is 2. The number of rotatable bonds is 6. The molecule has 2 aromatic rings. The van der Waals surface area contributed by atoms with Gasteiger partial charge in [0, 0.05) is 23.6 Å². The minimum absolute atomic E-state index is 0.0473. The Bertz CT molecular complexity index is 868. The van der Waals surface area contributed by atoms with Crippen LogP contribution < -0.4 is 10.7 Å². The molecule has 0 fully saturated rings. The molecule has 0 aromatic heterocycles. The fourth-order valence-corrected chi connectivity index (χ4v) is 2.61. The summed E-state index contributed by atoms with van der Waals surface area (Å²) in [6.45, 7) is 8.34. The van der Waals surface area contributed by atoms with Crippen LogP contribution in [-0.2, 0) is 15.0 Å². The second-order valence-electron chi connectivity index (χ2n) is 7.68. The smallest absolute Gasteiger partial charge is 0.240 e. The van der Waals surface area contributed by atoms with Crippen LogP contribution in [0.15, 0.2) is 47.6 Å². The highest BCUT2D eigenvalue weighted by atomic mass is 35.5. The van der Waals surface area contributed by atoms with Crippen LogP contribution in [0, 0.1) is 6.92 Å². The van der Waals surface area contributed by atoms with E-state index in [4.69, 9.17) is 11.6 Å². The van der Waals surface area contributed by atoms with E-state index in [1.807, 2.05) is 37.3 Å². The van der Waals surface area contributed by atoms with Gasteiger partial charge in [0.05, 0.1) is 6.21 Å². The van der Waals surface area contributed by atoms with Gasteiger partial charge in [0.15, 0.2) is 0 Å². The lowest BCUT2D eigenvalue weighted by molar-refractivity contribution is -0.124. The molecular formula is C22H26ClN3O2. The summed E-state index contributed by atoms with van der Waals surface area (Å²) in [5, 5.41) is 7.25. The Morgan fingerprint density at radius 3 is 2.29 bits per heavy atom. The van der Waals surface area contributed by atoms with E-state index >= 15 is 0 Å². The van der Waals surface area contributed by atoms with Crippen LogP contribution in [0.1, 0.15) is 50.3 Å². The van der Waals surface area contributed by atoms with E-state index in [-0.39, 0.29) is 30.1 Å². The second kappa shape index (κ2) is 9.51. The summed E-state index contributed by atoms with van der Waals surface area (Å²) >= 11 is 6.03. The molecule has 0 saturated heterocycles. The van der Waals surface area contributed by atoms with Gasteiger partial charge in [-0.15, -0.1) is 0 Å². The summed E-state index contributed by atoms with van der Waals surface area (Å²) in [7, 11) is 0. The standard InChI is InChI=1S/C22H26ClN3O2/c1-15-5-10-18(13-19(15)23)25-20(27)11-12-21(28)26-24-14-16-6-8-17(9-7-16)22(2,3)4/h5-10,13-14H,11-12H2,1-4H3,(H,25,27)(H,26,28). The normalized spacial score (nSPS) is 11.5. The molecule has 0 unspecified atom stereocenters. The van der Waals surface area contributed by atoms with Gasteiger partial charge in [0.25, 0.3) is 0 Å². The molecule has 0 saturated carbocycles. The molecule has 5 nitrogen and oxygen atoms in total. The Kier molecular flexibility index (Phi) is 7.35. The van der Waals surface area contributed by atoms with Crippen LogP contribution >= 0.6 is 11.6 Å². The van der Waals surface area contributed by atoms with Crippen molar-refractivity contribution in [2.45, 2.75) is 46.0 Å². The van der Waals surface area contributed by atoms with Crippen LogP contribution in [0.2, 0.25) is 5.02 Å². The highest BCUT2D eigenvalue weighted by Crippen LogP contribution is 2.22. The molecular weight excluding hydrogens is 374 g/mol. The molecule has 0 heterocycles. The molecule has 0 aliphatic carbocycles. The Labute approximate surface area is 171 Å². The molecule has 2 amide bonds. The second-order valence-corrected chi connectivity index (χ2v) is 8.08. The van der Waals surface area contributed by atoms with E-state index in [0.29, 0.717) is 10.7 Å². The highest BCUT2D eigenvalue weighted by molar-refractivity contribution is 6.31. The largest absolute Gasteiger partial charge is 0.326 e. The maximum Gasteiger partial charge on any atom is 0.240 e. The van der Waals surface area contributed by atoms with Gasteiger partial charge in [-0.2, -0.15) is 5.10 Å². The van der Waals surface area contributed by atoms with E-state index in [1.54, 1.807) is 18.3 Å². The molecule has 0 aliphatic heterocycles. The Hall–Kier alpha value is -2.66. The Morgan fingerprint density at radius 2 is 1.68 bits per heavy atom. The zero-order chi connectivity index (χ0) is 20.7. The number of hydrazone groups is 1. The molecule has 2 aromatic carbocycles. The van der Waals surface area contributed by atoms with Crippen molar-refractivity contribution in [3.8, 4) is 0 Å². The molecule has 148 valence electrons. The summed E-state index contributed by atoms with van der Waals surface area (Å²) in [4.78, 5) is 23.8. The number of hydrogen-bond donors (Lipinski definition) is 2. The number of nitrogens with zero attached hydrogens (tertiary/aromatic N) is 1. The maximum atomic E-state index is 11.9. The average molecular weight is 400 g/mol. The zero-order valence-electron chi connectivity index (χ0n) is 16.7. The van der Waals surface area contributed by atoms with Gasteiger partial charge in [-0.05, 0) is 41.2 Å². The zero-order valence-corrected chi connectivity index (χ0v) is 17.4. The summed E-state index contributed by atoms with van der Waals surface area (Å²) in [5.41, 5.74) is 6.20. The predicted octanol–water partition coefficient (Wildman–Crippen LogP) is 4.81. The maximum absolute atomic E-state index is 11.9. The van der Waals surface area contributed by atoms with Crippen LogP contribution in [0.25, 0.3) is 0 Å². The molecule has 0 bridgehead atoms. The van der Waals surface area contributed by atoms with Crippen LogP contribution in [0.3, 0.4) is 0 Å². The molecule has 0 radical (unpaired) electrons. The summed E-state index contributed by atoms with van der Waals surface area (Å²) < 4.78 is 0. The van der Waals surface area contributed by atoms with Gasteiger partial charge in [0.1, 0.15) is 0 Å². The van der Waals surface area contributed by atoms with Crippen molar-refractivity contribution in [1.82, 2.24) is 5.43 Å². The molecule has 6 heteroatoms. The van der Waals surface area contributed by atoms with Crippen molar-refractivity contribution < 1.29 is 9.59 Å². The lowest BCUT2D eigenvalue weighted by Gasteiger charge is -2.18. The summed E-state index contributed by atoms with van der Waals surface area (Å²) in [6.07, 6.45) is 1.69. The van der Waals surface area contributed by atoms with Crippen molar-refractivity contribution in [2.24, 2.45) is 5.10 Å². The van der Waals surface area contributed by atoms with Gasteiger partial charge in [-0.3, -0.25) is 9.59 Å². The molecule has 0 atom stereocenters. The van der Waals surface area contributed by atoms with Crippen molar-refractivity contribution in [2.75, 3.05) is 5.32 Å². The van der Waals surface area contributed by atoms with E-state index in [0.717, 1.165) is 11.1 Å². The monoisotopic (exact) mass is 399 g/mol. The van der Waals surface area contributed by atoms with Crippen molar-refractivity contribution in [3.63, 3.8) is 0 Å². The SMILES string of the molecule is Cc1ccc(NC(=O)CCC(=O)NN=Cc2ccc(C(C)(C)C)cc2)cc1Cl. The number of anilines is 1. The predicted molar refractivity (Wildman–Crippen MR) is 115 cm³/mol. The van der Waals surface area contributed by atoms with E-state index in [1.165, 1.54) is 5.56 Å². The lowest BCUT2D eigenvalue weighted by Crippen LogP contribution is -2.20. The van der Waals surface area contributed by atoms with E-state index in [9.17, 15) is 9.59 Å². The fraction of sp³-hybridized carbons (Fsp3) is 0.318. The number of aryl methyl sites for hydroxylation is 1. The minimum atomic E-state index is -0.320. The van der Waals surface area contributed by atoms with Crippen molar-refractivity contribution in [1.29, 1.82) is 0 Å². The van der Waals surface area contributed by atoms with Crippen LogP contribution in [0.5, 0.6) is 0 Å². The minimum Gasteiger partial charge on any atom is -0.326 e. The number of amides is 2. The quantitative estimate of drug-likeness (QED) is 0.540. The molecule has 28 heavy (non-hydrogen) atoms. The summed E-state index contributed by atoms with van der Waals surface area (Å²) in [6, 6.07) is 13.3. The molecule has 2 N–H and O–H groups in total. The lowest BCUT2D eigenvalue weighted by atomic mass is 9.87. The van der Waals surface area contributed by atoms with E-state index < -0.39 is 0 Å². The van der Waals surface area contributed by atoms with Gasteiger partial charge >= 0.3 is 0 Å². The highest BCUT2D eigenvalue weighted by Gasteiger charge is 2.12. The first-order chi connectivity index (χ1) is 13.1. The summed E-state index contributed by atoms with van der Waals surface area (Å²) in [5.74, 6) is -0.573.